The zero-order valence-corrected chi connectivity index (χ0v) is 14.9. The summed E-state index contributed by atoms with van der Waals surface area (Å²) in [7, 11) is 1.65. The maximum absolute atomic E-state index is 5.49. The Morgan fingerprint density at radius 1 is 1.36 bits per heavy atom. The lowest BCUT2D eigenvalue weighted by molar-refractivity contribution is 0.171. The molecule has 0 saturated heterocycles. The number of aromatic nitrogens is 3. The Bertz CT molecular complexity index is 772. The van der Waals surface area contributed by atoms with Gasteiger partial charge >= 0.3 is 0 Å². The number of aryl methyl sites for hydroxylation is 1. The van der Waals surface area contributed by atoms with E-state index in [1.54, 1.807) is 7.11 Å². The van der Waals surface area contributed by atoms with Gasteiger partial charge in [0.2, 0.25) is 12.5 Å². The molecule has 0 unspecified atom stereocenters. The maximum Gasteiger partial charge on any atom is 0.231 e. The summed E-state index contributed by atoms with van der Waals surface area (Å²) in [6.45, 7) is 6.11. The molecular formula is C18H24N4O3. The summed E-state index contributed by atoms with van der Waals surface area (Å²) in [5, 5.41) is 8.26. The molecule has 0 spiro atoms. The first-order valence-corrected chi connectivity index (χ1v) is 8.77. The molecule has 0 saturated carbocycles. The number of hydrogen-bond donors (Lipinski definition) is 1. The van der Waals surface area contributed by atoms with Crippen molar-refractivity contribution >= 4 is 0 Å². The summed E-state index contributed by atoms with van der Waals surface area (Å²) in [5.41, 5.74) is 1.12. The second kappa shape index (κ2) is 6.55. The first-order chi connectivity index (χ1) is 12.1. The van der Waals surface area contributed by atoms with E-state index < -0.39 is 0 Å². The largest absolute Gasteiger partial charge is 0.493 e. The Balaban J connectivity index is 1.42. The van der Waals surface area contributed by atoms with Gasteiger partial charge in [0, 0.05) is 24.9 Å². The van der Waals surface area contributed by atoms with Gasteiger partial charge in [0.25, 0.3) is 0 Å². The molecule has 0 fully saturated rings. The molecule has 2 aliphatic heterocycles. The molecule has 7 heteroatoms. The average molecular weight is 344 g/mol. The highest BCUT2D eigenvalue weighted by atomic mass is 16.7. The van der Waals surface area contributed by atoms with Crippen LogP contribution in [0.25, 0.3) is 0 Å². The number of benzene rings is 1. The van der Waals surface area contributed by atoms with Crippen LogP contribution in [0.4, 0.5) is 0 Å². The van der Waals surface area contributed by atoms with Crippen LogP contribution in [0.5, 0.6) is 17.2 Å². The topological polar surface area (TPSA) is 70.4 Å². The smallest absolute Gasteiger partial charge is 0.231 e. The van der Waals surface area contributed by atoms with Crippen molar-refractivity contribution in [1.82, 2.24) is 20.1 Å². The summed E-state index contributed by atoms with van der Waals surface area (Å²) in [6.07, 6.45) is 2.03. The Hall–Kier alpha value is -2.28. The van der Waals surface area contributed by atoms with Crippen LogP contribution in [0.2, 0.25) is 0 Å². The summed E-state index contributed by atoms with van der Waals surface area (Å²) in [5.74, 6) is 4.57. The van der Waals surface area contributed by atoms with Crippen LogP contribution in [-0.2, 0) is 19.5 Å². The third-order valence-corrected chi connectivity index (χ3v) is 4.70. The molecule has 3 heterocycles. The van der Waals surface area contributed by atoms with Crippen LogP contribution in [0.15, 0.2) is 12.1 Å². The third-order valence-electron chi connectivity index (χ3n) is 4.70. The van der Waals surface area contributed by atoms with Gasteiger partial charge in [0.1, 0.15) is 5.82 Å². The number of ether oxygens (including phenoxy) is 3. The SMILES string of the molecule is COc1cc(CN[C@H]2CCc3nc(C(C)C)nn3C2)cc2c1OCO2. The van der Waals surface area contributed by atoms with E-state index in [0.29, 0.717) is 17.7 Å². The second-order valence-corrected chi connectivity index (χ2v) is 6.87. The van der Waals surface area contributed by atoms with Crippen LogP contribution in [0.3, 0.4) is 0 Å². The molecule has 7 nitrogen and oxygen atoms in total. The van der Waals surface area contributed by atoms with Crippen molar-refractivity contribution in [3.8, 4) is 17.2 Å². The molecule has 1 aromatic heterocycles. The fraction of sp³-hybridized carbons (Fsp3) is 0.556. The first-order valence-electron chi connectivity index (χ1n) is 8.77. The summed E-state index contributed by atoms with van der Waals surface area (Å²) >= 11 is 0. The van der Waals surface area contributed by atoms with Crippen molar-refractivity contribution in [2.75, 3.05) is 13.9 Å². The lowest BCUT2D eigenvalue weighted by Crippen LogP contribution is -2.37. The molecular weight excluding hydrogens is 320 g/mol. The Morgan fingerprint density at radius 3 is 3.04 bits per heavy atom. The van der Waals surface area contributed by atoms with Gasteiger partial charge in [0.05, 0.1) is 13.7 Å². The molecule has 0 aliphatic carbocycles. The van der Waals surface area contributed by atoms with E-state index in [-0.39, 0.29) is 6.79 Å². The molecule has 2 aromatic rings. The van der Waals surface area contributed by atoms with Crippen molar-refractivity contribution in [3.63, 3.8) is 0 Å². The van der Waals surface area contributed by atoms with E-state index in [1.165, 1.54) is 0 Å². The van der Waals surface area contributed by atoms with Crippen molar-refractivity contribution in [2.24, 2.45) is 0 Å². The van der Waals surface area contributed by atoms with Crippen LogP contribution in [0, 0.1) is 0 Å². The lowest BCUT2D eigenvalue weighted by Gasteiger charge is -2.23. The van der Waals surface area contributed by atoms with Crippen LogP contribution in [0.1, 0.15) is 43.4 Å². The molecule has 0 amide bonds. The highest BCUT2D eigenvalue weighted by Crippen LogP contribution is 2.41. The highest BCUT2D eigenvalue weighted by molar-refractivity contribution is 5.55. The van der Waals surface area contributed by atoms with E-state index in [4.69, 9.17) is 14.2 Å². The van der Waals surface area contributed by atoms with Gasteiger partial charge < -0.3 is 19.5 Å². The minimum Gasteiger partial charge on any atom is -0.493 e. The monoisotopic (exact) mass is 344 g/mol. The minimum atomic E-state index is 0.248. The second-order valence-electron chi connectivity index (χ2n) is 6.87. The van der Waals surface area contributed by atoms with Crippen molar-refractivity contribution in [3.05, 3.63) is 29.3 Å². The number of hydrogen-bond acceptors (Lipinski definition) is 6. The number of nitrogens with zero attached hydrogens (tertiary/aromatic N) is 3. The number of fused-ring (bicyclic) bond motifs is 2. The minimum absolute atomic E-state index is 0.248. The van der Waals surface area contributed by atoms with Gasteiger partial charge in [-0.25, -0.2) is 9.67 Å². The van der Waals surface area contributed by atoms with Crippen LogP contribution >= 0.6 is 0 Å². The van der Waals surface area contributed by atoms with Gasteiger partial charge in [-0.15, -0.1) is 0 Å². The van der Waals surface area contributed by atoms with E-state index in [9.17, 15) is 0 Å². The molecule has 0 bridgehead atoms. The molecule has 25 heavy (non-hydrogen) atoms. The highest BCUT2D eigenvalue weighted by Gasteiger charge is 2.23. The molecule has 0 radical (unpaired) electrons. The quantitative estimate of drug-likeness (QED) is 0.897. The zero-order valence-electron chi connectivity index (χ0n) is 14.9. The van der Waals surface area contributed by atoms with E-state index >= 15 is 0 Å². The number of rotatable bonds is 5. The summed E-state index contributed by atoms with van der Waals surface area (Å²) in [4.78, 5) is 4.64. The first kappa shape index (κ1) is 16.2. The van der Waals surface area contributed by atoms with Gasteiger partial charge in [0.15, 0.2) is 17.3 Å². The lowest BCUT2D eigenvalue weighted by atomic mass is 10.1. The van der Waals surface area contributed by atoms with Crippen molar-refractivity contribution in [2.45, 2.75) is 51.7 Å². The van der Waals surface area contributed by atoms with Gasteiger partial charge in [-0.3, -0.25) is 0 Å². The fourth-order valence-electron chi connectivity index (χ4n) is 3.29. The summed E-state index contributed by atoms with van der Waals surface area (Å²) < 4.78 is 18.4. The number of methoxy groups -OCH3 is 1. The Morgan fingerprint density at radius 2 is 2.24 bits per heavy atom. The normalized spacial score (nSPS) is 18.5. The van der Waals surface area contributed by atoms with Gasteiger partial charge in [-0.2, -0.15) is 5.10 Å². The van der Waals surface area contributed by atoms with E-state index in [2.05, 4.69) is 33.9 Å². The van der Waals surface area contributed by atoms with Crippen LogP contribution < -0.4 is 19.5 Å². The standard InChI is InChI=1S/C18H24N4O3/c1-11(2)18-20-16-5-4-13(9-22(16)21-18)19-8-12-6-14(23-3)17-15(7-12)24-10-25-17/h6-7,11,13,19H,4-5,8-10H2,1-3H3/t13-/m0/s1. The Kier molecular flexibility index (Phi) is 4.25. The molecule has 134 valence electrons. The van der Waals surface area contributed by atoms with Gasteiger partial charge in [-0.05, 0) is 24.1 Å². The molecule has 2 aliphatic rings. The molecule has 1 aromatic carbocycles. The van der Waals surface area contributed by atoms with Gasteiger partial charge in [-0.1, -0.05) is 13.8 Å². The van der Waals surface area contributed by atoms with E-state index in [1.807, 2.05) is 12.1 Å². The Labute approximate surface area is 147 Å². The zero-order chi connectivity index (χ0) is 17.4. The van der Waals surface area contributed by atoms with E-state index in [0.717, 1.165) is 54.6 Å². The predicted octanol–water partition coefficient (Wildman–Crippen LogP) is 2.24. The summed E-state index contributed by atoms with van der Waals surface area (Å²) in [6, 6.07) is 4.39. The third kappa shape index (κ3) is 3.16. The molecule has 1 N–H and O–H groups in total. The van der Waals surface area contributed by atoms with Crippen molar-refractivity contribution in [1.29, 1.82) is 0 Å². The maximum atomic E-state index is 5.49. The number of nitrogens with one attached hydrogen (secondary N) is 1. The van der Waals surface area contributed by atoms with Crippen molar-refractivity contribution < 1.29 is 14.2 Å². The predicted molar refractivity (Wildman–Crippen MR) is 92.2 cm³/mol. The fourth-order valence-corrected chi connectivity index (χ4v) is 3.29. The average Bonchev–Trinajstić information content (AvgIpc) is 3.25. The molecule has 4 rings (SSSR count). The van der Waals surface area contributed by atoms with Crippen LogP contribution in [-0.4, -0.2) is 34.7 Å². The molecule has 1 atom stereocenters.